The minimum atomic E-state index is 0.740. The lowest BCUT2D eigenvalue weighted by atomic mass is 10.1. The van der Waals surface area contributed by atoms with E-state index in [2.05, 4.69) is 60.8 Å². The van der Waals surface area contributed by atoms with E-state index in [-0.39, 0.29) is 0 Å². The van der Waals surface area contributed by atoms with Crippen molar-refractivity contribution in [1.29, 1.82) is 0 Å². The third-order valence-corrected chi connectivity index (χ3v) is 5.70. The summed E-state index contributed by atoms with van der Waals surface area (Å²) in [5, 5.41) is 12.2. The number of hydrogen-bond acceptors (Lipinski definition) is 4. The van der Waals surface area contributed by atoms with Crippen LogP contribution in [0.5, 0.6) is 0 Å². The van der Waals surface area contributed by atoms with Gasteiger partial charge in [0.2, 0.25) is 0 Å². The summed E-state index contributed by atoms with van der Waals surface area (Å²) in [5.41, 5.74) is 3.58. The molecule has 0 aliphatic heterocycles. The van der Waals surface area contributed by atoms with E-state index in [4.69, 9.17) is 9.98 Å². The summed E-state index contributed by atoms with van der Waals surface area (Å²) in [6.07, 6.45) is 6.56. The second-order valence-corrected chi connectivity index (χ2v) is 8.06. The maximum Gasteiger partial charge on any atom is 0.191 e. The molecule has 29 heavy (non-hydrogen) atoms. The molecule has 7 heteroatoms. The van der Waals surface area contributed by atoms with E-state index < -0.39 is 0 Å². The molecule has 2 heterocycles. The van der Waals surface area contributed by atoms with Gasteiger partial charge in [-0.3, -0.25) is 4.99 Å². The first kappa shape index (κ1) is 21.0. The maximum absolute atomic E-state index is 4.70. The molecule has 0 aliphatic rings. The number of rotatable bonds is 9. The van der Waals surface area contributed by atoms with Gasteiger partial charge in [-0.1, -0.05) is 19.1 Å². The highest BCUT2D eigenvalue weighted by Gasteiger charge is 2.06. The largest absolute Gasteiger partial charge is 0.357 e. The molecule has 2 N–H and O–H groups in total. The number of nitrogens with one attached hydrogen (secondary N) is 2. The molecule has 2 aromatic heterocycles. The van der Waals surface area contributed by atoms with Crippen LogP contribution in [0.3, 0.4) is 0 Å². The highest BCUT2D eigenvalue weighted by Crippen LogP contribution is 2.18. The predicted octanol–water partition coefficient (Wildman–Crippen LogP) is 3.54. The second-order valence-electron chi connectivity index (χ2n) is 6.77. The fourth-order valence-corrected chi connectivity index (χ4v) is 4.10. The normalized spacial score (nSPS) is 11.6. The lowest BCUT2D eigenvalue weighted by Crippen LogP contribution is -2.38. The van der Waals surface area contributed by atoms with Crippen molar-refractivity contribution >= 4 is 17.3 Å². The van der Waals surface area contributed by atoms with Crippen LogP contribution in [0.25, 0.3) is 5.69 Å². The Labute approximate surface area is 177 Å². The maximum atomic E-state index is 4.70. The molecule has 0 atom stereocenters. The van der Waals surface area contributed by atoms with Crippen LogP contribution in [0.4, 0.5) is 0 Å². The van der Waals surface area contributed by atoms with E-state index in [1.165, 1.54) is 21.1 Å². The van der Waals surface area contributed by atoms with Gasteiger partial charge in [-0.25, -0.2) is 9.67 Å². The van der Waals surface area contributed by atoms with E-state index >= 15 is 0 Å². The van der Waals surface area contributed by atoms with Crippen LogP contribution in [0.15, 0.2) is 47.7 Å². The van der Waals surface area contributed by atoms with Crippen LogP contribution >= 0.6 is 11.3 Å². The minimum Gasteiger partial charge on any atom is -0.357 e. The van der Waals surface area contributed by atoms with E-state index in [0.717, 1.165) is 50.5 Å². The predicted molar refractivity (Wildman–Crippen MR) is 121 cm³/mol. The fraction of sp³-hybridized carbons (Fsp3) is 0.409. The van der Waals surface area contributed by atoms with Crippen LogP contribution in [0.2, 0.25) is 0 Å². The smallest absolute Gasteiger partial charge is 0.191 e. The molecule has 0 bridgehead atoms. The van der Waals surface area contributed by atoms with Crippen molar-refractivity contribution in [2.24, 2.45) is 4.99 Å². The van der Waals surface area contributed by atoms with Gasteiger partial charge in [0.25, 0.3) is 0 Å². The summed E-state index contributed by atoms with van der Waals surface area (Å²) in [7, 11) is 0. The SMILES string of the molecule is CCNC(=NCCc1nc(CC)c(C)s1)NCCc1ccc(-n2cccn2)cc1. The molecule has 1 aromatic carbocycles. The number of aryl methyl sites for hydroxylation is 2. The molecule has 0 aliphatic carbocycles. The van der Waals surface area contributed by atoms with Crippen molar-refractivity contribution in [2.75, 3.05) is 19.6 Å². The van der Waals surface area contributed by atoms with Gasteiger partial charge < -0.3 is 10.6 Å². The van der Waals surface area contributed by atoms with Crippen LogP contribution in [-0.4, -0.2) is 40.4 Å². The fourth-order valence-electron chi connectivity index (χ4n) is 3.09. The Hall–Kier alpha value is -2.67. The molecule has 3 aromatic rings. The molecule has 3 rings (SSSR count). The molecule has 154 valence electrons. The van der Waals surface area contributed by atoms with Gasteiger partial charge in [0.1, 0.15) is 0 Å². The van der Waals surface area contributed by atoms with Gasteiger partial charge in [0.15, 0.2) is 5.96 Å². The topological polar surface area (TPSA) is 67.1 Å². The Morgan fingerprint density at radius 3 is 2.62 bits per heavy atom. The summed E-state index contributed by atoms with van der Waals surface area (Å²) in [4.78, 5) is 10.7. The first-order valence-corrected chi connectivity index (χ1v) is 11.1. The average molecular weight is 411 g/mol. The van der Waals surface area contributed by atoms with Crippen LogP contribution in [0.1, 0.15) is 35.0 Å². The van der Waals surface area contributed by atoms with E-state index in [0.29, 0.717) is 0 Å². The highest BCUT2D eigenvalue weighted by molar-refractivity contribution is 7.11. The molecule has 0 unspecified atom stereocenters. The number of nitrogens with zero attached hydrogens (tertiary/aromatic N) is 4. The van der Waals surface area contributed by atoms with E-state index in [1.807, 2.05) is 16.9 Å². The van der Waals surface area contributed by atoms with Crippen molar-refractivity contribution in [3.05, 3.63) is 63.9 Å². The highest BCUT2D eigenvalue weighted by atomic mass is 32.1. The summed E-state index contributed by atoms with van der Waals surface area (Å²) >= 11 is 1.79. The van der Waals surface area contributed by atoms with Gasteiger partial charge >= 0.3 is 0 Å². The Kier molecular flexibility index (Phi) is 7.81. The number of aliphatic imine (C=N–C) groups is 1. The van der Waals surface area contributed by atoms with Crippen molar-refractivity contribution < 1.29 is 0 Å². The molecule has 0 fully saturated rings. The molecule has 6 nitrogen and oxygen atoms in total. The zero-order valence-electron chi connectivity index (χ0n) is 17.5. The number of benzene rings is 1. The van der Waals surface area contributed by atoms with Gasteiger partial charge in [-0.05, 0) is 50.5 Å². The standard InChI is InChI=1S/C22H30N6S/c1-4-20-17(3)29-21(27-20)12-15-25-22(23-5-2)24-14-11-18-7-9-19(10-8-18)28-16-6-13-26-28/h6-10,13,16H,4-5,11-12,14-15H2,1-3H3,(H2,23,24,25). The Morgan fingerprint density at radius 1 is 1.14 bits per heavy atom. The molecule has 0 amide bonds. The Morgan fingerprint density at radius 2 is 1.97 bits per heavy atom. The van der Waals surface area contributed by atoms with Gasteiger partial charge in [0.05, 0.1) is 16.4 Å². The first-order valence-electron chi connectivity index (χ1n) is 10.3. The van der Waals surface area contributed by atoms with Gasteiger partial charge in [-0.2, -0.15) is 5.10 Å². The second kappa shape index (κ2) is 10.8. The Bertz CT molecular complexity index is 896. The van der Waals surface area contributed by atoms with Gasteiger partial charge in [0, 0.05) is 43.3 Å². The molecule has 0 saturated carbocycles. The van der Waals surface area contributed by atoms with Crippen LogP contribution in [0, 0.1) is 6.92 Å². The Balaban J connectivity index is 1.47. The monoisotopic (exact) mass is 410 g/mol. The number of hydrogen-bond donors (Lipinski definition) is 2. The van der Waals surface area contributed by atoms with Crippen molar-refractivity contribution in [2.45, 2.75) is 40.0 Å². The number of aromatic nitrogens is 3. The van der Waals surface area contributed by atoms with Crippen molar-refractivity contribution in [3.63, 3.8) is 0 Å². The lowest BCUT2D eigenvalue weighted by molar-refractivity contribution is 0.795. The van der Waals surface area contributed by atoms with E-state index in [1.54, 1.807) is 17.5 Å². The molecule has 0 saturated heterocycles. The zero-order valence-corrected chi connectivity index (χ0v) is 18.3. The zero-order chi connectivity index (χ0) is 20.5. The average Bonchev–Trinajstić information content (AvgIpc) is 3.38. The summed E-state index contributed by atoms with van der Waals surface area (Å²) in [5.74, 6) is 0.865. The third-order valence-electron chi connectivity index (χ3n) is 4.62. The van der Waals surface area contributed by atoms with Crippen molar-refractivity contribution in [3.8, 4) is 5.69 Å². The molecule has 0 spiro atoms. The molecular formula is C22H30N6S. The lowest BCUT2D eigenvalue weighted by Gasteiger charge is -2.11. The van der Waals surface area contributed by atoms with Gasteiger partial charge in [-0.15, -0.1) is 11.3 Å². The minimum absolute atomic E-state index is 0.740. The quantitative estimate of drug-likeness (QED) is 0.418. The van der Waals surface area contributed by atoms with E-state index in [9.17, 15) is 0 Å². The van der Waals surface area contributed by atoms with Crippen LogP contribution < -0.4 is 10.6 Å². The summed E-state index contributed by atoms with van der Waals surface area (Å²) in [6.45, 7) is 8.82. The first-order chi connectivity index (χ1) is 14.2. The van der Waals surface area contributed by atoms with Crippen LogP contribution in [-0.2, 0) is 19.3 Å². The van der Waals surface area contributed by atoms with Crippen molar-refractivity contribution in [1.82, 2.24) is 25.4 Å². The summed E-state index contributed by atoms with van der Waals surface area (Å²) in [6, 6.07) is 10.4. The molecular weight excluding hydrogens is 380 g/mol. The molecule has 0 radical (unpaired) electrons. The number of thiazole rings is 1. The third kappa shape index (κ3) is 6.15. The summed E-state index contributed by atoms with van der Waals surface area (Å²) < 4.78 is 1.87. The number of guanidine groups is 1.